The molecule has 0 amide bonds. The summed E-state index contributed by atoms with van der Waals surface area (Å²) in [5.41, 5.74) is 5.08. The van der Waals surface area contributed by atoms with Crippen molar-refractivity contribution in [1.82, 2.24) is 20.4 Å². The Kier molecular flexibility index (Phi) is 4.66. The zero-order chi connectivity index (χ0) is 16.4. The molecule has 0 radical (unpaired) electrons. The van der Waals surface area contributed by atoms with Gasteiger partial charge < -0.3 is 0 Å². The third-order valence-electron chi connectivity index (χ3n) is 3.47. The minimum absolute atomic E-state index is 0.188. The van der Waals surface area contributed by atoms with Crippen LogP contribution in [0.3, 0.4) is 0 Å². The van der Waals surface area contributed by atoms with Crippen molar-refractivity contribution in [2.75, 3.05) is 0 Å². The van der Waals surface area contributed by atoms with Crippen LogP contribution in [-0.2, 0) is 0 Å². The van der Waals surface area contributed by atoms with Crippen LogP contribution in [0.25, 0.3) is 11.4 Å². The van der Waals surface area contributed by atoms with Gasteiger partial charge in [-0.2, -0.15) is 0 Å². The van der Waals surface area contributed by atoms with E-state index in [9.17, 15) is 0 Å². The van der Waals surface area contributed by atoms with Gasteiger partial charge in [-0.05, 0) is 52.0 Å². The van der Waals surface area contributed by atoms with E-state index in [1.807, 2.05) is 0 Å². The number of rotatable bonds is 3. The molecule has 23 heavy (non-hydrogen) atoms. The fourth-order valence-electron chi connectivity index (χ4n) is 2.48. The second-order valence-corrected chi connectivity index (χ2v) is 8.45. The summed E-state index contributed by atoms with van der Waals surface area (Å²) in [5, 5.41) is 16.1. The van der Waals surface area contributed by atoms with E-state index in [4.69, 9.17) is 0 Å². The molecule has 4 nitrogen and oxygen atoms in total. The predicted octanol–water partition coefficient (Wildman–Crippen LogP) is 0.296. The lowest BCUT2D eigenvalue weighted by Gasteiger charge is -2.01. The molecule has 3 rings (SSSR count). The zero-order valence-electron chi connectivity index (χ0n) is 13.6. The first kappa shape index (κ1) is 16.0. The highest BCUT2D eigenvalue weighted by Crippen LogP contribution is 2.11. The van der Waals surface area contributed by atoms with Crippen molar-refractivity contribution >= 4 is 0 Å². The van der Waals surface area contributed by atoms with Crippen LogP contribution in [0.1, 0.15) is 22.5 Å². The van der Waals surface area contributed by atoms with Crippen LogP contribution in [0.5, 0.6) is 0 Å². The average molecular weight is 417 g/mol. The minimum Gasteiger partial charge on any atom is -0.131 e. The minimum atomic E-state index is -0.188. The maximum Gasteiger partial charge on any atom is 0.358 e. The molecule has 116 valence electrons. The molecule has 0 unspecified atom stereocenters. The molecule has 0 aliphatic rings. The Hall–Kier alpha value is -1.89. The molecular weight excluding hydrogens is 399 g/mol. The van der Waals surface area contributed by atoms with E-state index < -0.39 is 0 Å². The van der Waals surface area contributed by atoms with Gasteiger partial charge in [0.25, 0.3) is 0 Å². The van der Waals surface area contributed by atoms with Crippen LogP contribution in [0.2, 0.25) is 0 Å². The molecule has 0 atom stereocenters. The summed E-state index contributed by atoms with van der Waals surface area (Å²) in [4.78, 5) is 0. The molecule has 1 aromatic heterocycles. The Balaban J connectivity index is 1.84. The van der Waals surface area contributed by atoms with Gasteiger partial charge in [0.15, 0.2) is 13.0 Å². The lowest BCUT2D eigenvalue weighted by molar-refractivity contribution is -0.598. The van der Waals surface area contributed by atoms with E-state index in [0.29, 0.717) is 11.6 Å². The molecule has 0 spiro atoms. The zero-order valence-corrected chi connectivity index (χ0v) is 15.8. The van der Waals surface area contributed by atoms with Crippen molar-refractivity contribution < 1.29 is 21.2 Å². The van der Waals surface area contributed by atoms with Crippen molar-refractivity contribution in [3.63, 3.8) is 0 Å². The Labute approximate surface area is 146 Å². The molecule has 0 aliphatic carbocycles. The van der Waals surface area contributed by atoms with Crippen LogP contribution in [-0.4, -0.2) is 20.4 Å². The van der Waals surface area contributed by atoms with E-state index in [0.717, 1.165) is 5.56 Å². The molecule has 0 fully saturated rings. The van der Waals surface area contributed by atoms with Crippen LogP contribution < -0.4 is 21.2 Å². The van der Waals surface area contributed by atoms with E-state index in [1.54, 1.807) is 6.92 Å². The average Bonchev–Trinajstić information content (AvgIpc) is 2.52. The number of nitrogens with zero attached hydrogens (tertiary/aromatic N) is 4. The van der Waals surface area contributed by atoms with Gasteiger partial charge in [-0.3, -0.25) is 0 Å². The maximum absolute atomic E-state index is 4.09. The fraction of sp³-hybridized carbons (Fsp3) is 0.222. The van der Waals surface area contributed by atoms with E-state index in [2.05, 4.69) is 77.6 Å². The van der Waals surface area contributed by atoms with Gasteiger partial charge in [-0.1, -0.05) is 17.7 Å². The first-order valence-corrected chi connectivity index (χ1v) is 9.56. The summed E-state index contributed by atoms with van der Waals surface area (Å²) in [6.07, 6.45) is 0. The molecule has 2 aromatic carbocycles. The summed E-state index contributed by atoms with van der Waals surface area (Å²) in [6.45, 7) is 8.35. The third kappa shape index (κ3) is 3.72. The van der Waals surface area contributed by atoms with Crippen LogP contribution >= 0.6 is 0 Å². The number of halogens is 1. The van der Waals surface area contributed by atoms with Gasteiger partial charge in [0.1, 0.15) is 0 Å². The first-order valence-electron chi connectivity index (χ1n) is 7.40. The number of hydrogen-bond donors (Lipinski definition) is 0. The molecule has 0 N–H and O–H groups in total. The summed E-state index contributed by atoms with van der Waals surface area (Å²) in [6, 6.07) is 13.0. The fourth-order valence-corrected chi connectivity index (χ4v) is 4.98. The second kappa shape index (κ2) is 6.70. The van der Waals surface area contributed by atoms with Crippen molar-refractivity contribution in [1.29, 1.82) is 0 Å². The quantitative estimate of drug-likeness (QED) is 0.576. The highest BCUT2D eigenvalue weighted by atomic mass is 127. The highest BCUT2D eigenvalue weighted by Gasteiger charge is 2.21. The van der Waals surface area contributed by atoms with Gasteiger partial charge in [0.2, 0.25) is 5.82 Å². The SMILES string of the molecule is Cc1cc(C)c([I+]c2ccc(-c3nnc(C)nn3)cc2)c(C)c1. The standard InChI is InChI=1S/C18H18IN4/c1-11-9-12(2)17(13(3)10-11)19-16-7-5-15(6-8-16)18-22-20-14(4)21-23-18/h5-10H,1-4H3/q+1. The number of aryl methyl sites for hydroxylation is 4. The third-order valence-corrected chi connectivity index (χ3v) is 7.05. The molecule has 1 heterocycles. The lowest BCUT2D eigenvalue weighted by Crippen LogP contribution is -3.62. The van der Waals surface area contributed by atoms with Gasteiger partial charge >= 0.3 is 21.2 Å². The van der Waals surface area contributed by atoms with E-state index >= 15 is 0 Å². The largest absolute Gasteiger partial charge is 0.358 e. The van der Waals surface area contributed by atoms with Crippen molar-refractivity contribution in [2.24, 2.45) is 0 Å². The van der Waals surface area contributed by atoms with Crippen molar-refractivity contribution in [3.05, 3.63) is 66.1 Å². The molecule has 5 heteroatoms. The molecular formula is C18H18IN4+. The number of aromatic nitrogens is 4. The second-order valence-electron chi connectivity index (χ2n) is 5.58. The smallest absolute Gasteiger partial charge is 0.131 e. The Morgan fingerprint density at radius 2 is 1.30 bits per heavy atom. The molecule has 0 aliphatic heterocycles. The Bertz CT molecular complexity index is 804. The Morgan fingerprint density at radius 1 is 0.739 bits per heavy atom. The topological polar surface area (TPSA) is 51.6 Å². The van der Waals surface area contributed by atoms with E-state index in [1.165, 1.54) is 23.8 Å². The molecule has 0 saturated carbocycles. The molecule has 3 aromatic rings. The normalized spacial score (nSPS) is 10.8. The van der Waals surface area contributed by atoms with Gasteiger partial charge in [-0.15, -0.1) is 20.4 Å². The van der Waals surface area contributed by atoms with E-state index in [-0.39, 0.29) is 21.2 Å². The molecule has 0 bridgehead atoms. The van der Waals surface area contributed by atoms with Crippen LogP contribution in [0.15, 0.2) is 36.4 Å². The van der Waals surface area contributed by atoms with Gasteiger partial charge in [-0.25, -0.2) is 0 Å². The van der Waals surface area contributed by atoms with Crippen molar-refractivity contribution in [3.8, 4) is 11.4 Å². The number of benzene rings is 2. The predicted molar refractivity (Wildman–Crippen MR) is 85.8 cm³/mol. The van der Waals surface area contributed by atoms with Crippen LogP contribution in [0, 0.1) is 34.8 Å². The van der Waals surface area contributed by atoms with Gasteiger partial charge in [0, 0.05) is 16.7 Å². The maximum atomic E-state index is 4.09. The van der Waals surface area contributed by atoms with Crippen LogP contribution in [0.4, 0.5) is 0 Å². The monoisotopic (exact) mass is 417 g/mol. The number of hydrogen-bond acceptors (Lipinski definition) is 4. The highest BCUT2D eigenvalue weighted by molar-refractivity contribution is 5.52. The summed E-state index contributed by atoms with van der Waals surface area (Å²) < 4.78 is 2.90. The lowest BCUT2D eigenvalue weighted by atomic mass is 10.1. The summed E-state index contributed by atoms with van der Waals surface area (Å²) in [7, 11) is 0. The summed E-state index contributed by atoms with van der Waals surface area (Å²) in [5.74, 6) is 1.16. The van der Waals surface area contributed by atoms with Gasteiger partial charge in [0.05, 0.1) is 0 Å². The molecule has 0 saturated heterocycles. The Morgan fingerprint density at radius 3 is 1.87 bits per heavy atom. The first-order chi connectivity index (χ1) is 11.0. The van der Waals surface area contributed by atoms with Crippen molar-refractivity contribution in [2.45, 2.75) is 27.7 Å². The summed E-state index contributed by atoms with van der Waals surface area (Å²) >= 11 is -0.188.